The predicted molar refractivity (Wildman–Crippen MR) is 91.4 cm³/mol. The molecular formula is C17H20ClN5. The van der Waals surface area contributed by atoms with E-state index in [4.69, 9.17) is 16.6 Å². The molecule has 0 saturated carbocycles. The van der Waals surface area contributed by atoms with Crippen molar-refractivity contribution < 1.29 is 0 Å². The predicted octanol–water partition coefficient (Wildman–Crippen LogP) is 3.09. The van der Waals surface area contributed by atoms with Crippen LogP contribution in [0.1, 0.15) is 18.7 Å². The van der Waals surface area contributed by atoms with Gasteiger partial charge in [-0.2, -0.15) is 5.10 Å². The molecule has 1 aliphatic heterocycles. The molecule has 1 fully saturated rings. The average molecular weight is 330 g/mol. The Balaban J connectivity index is 1.56. The van der Waals surface area contributed by atoms with Crippen LogP contribution < -0.4 is 0 Å². The smallest absolute Gasteiger partial charge is 0.123 e. The van der Waals surface area contributed by atoms with Crippen molar-refractivity contribution in [1.29, 1.82) is 0 Å². The highest BCUT2D eigenvalue weighted by molar-refractivity contribution is 6.31. The summed E-state index contributed by atoms with van der Waals surface area (Å²) in [5.41, 5.74) is 2.10. The molecule has 2 aromatic heterocycles. The van der Waals surface area contributed by atoms with Crippen molar-refractivity contribution in [3.63, 3.8) is 0 Å². The molecule has 0 N–H and O–H groups in total. The standard InChI is InChI=1S/C17H20ClN5/c1-21-16-6-5-13(18)10-15(16)20-17(21)12-22-8-2-4-14(22)11-23-9-3-7-19-23/h3,5-7,9-10,14H,2,4,8,11-12H2,1H3/t14-/m0/s1. The Kier molecular flexibility index (Phi) is 3.83. The van der Waals surface area contributed by atoms with Crippen LogP contribution in [0.25, 0.3) is 11.0 Å². The van der Waals surface area contributed by atoms with E-state index in [0.717, 1.165) is 41.5 Å². The van der Waals surface area contributed by atoms with Gasteiger partial charge >= 0.3 is 0 Å². The molecule has 120 valence electrons. The molecule has 0 radical (unpaired) electrons. The summed E-state index contributed by atoms with van der Waals surface area (Å²) < 4.78 is 4.20. The van der Waals surface area contributed by atoms with Crippen LogP contribution in [0.5, 0.6) is 0 Å². The summed E-state index contributed by atoms with van der Waals surface area (Å²) in [4.78, 5) is 7.30. The maximum atomic E-state index is 6.08. The van der Waals surface area contributed by atoms with Crippen molar-refractivity contribution >= 4 is 22.6 Å². The Morgan fingerprint density at radius 3 is 3.09 bits per heavy atom. The monoisotopic (exact) mass is 329 g/mol. The number of benzene rings is 1. The number of nitrogens with zero attached hydrogens (tertiary/aromatic N) is 5. The van der Waals surface area contributed by atoms with Gasteiger partial charge in [-0.3, -0.25) is 9.58 Å². The molecule has 1 aliphatic rings. The normalized spacial score (nSPS) is 19.0. The van der Waals surface area contributed by atoms with Gasteiger partial charge < -0.3 is 4.57 Å². The van der Waals surface area contributed by atoms with Gasteiger partial charge in [0.2, 0.25) is 0 Å². The summed E-state index contributed by atoms with van der Waals surface area (Å²) in [6, 6.07) is 8.41. The first-order chi connectivity index (χ1) is 11.2. The molecule has 0 bridgehead atoms. The fourth-order valence-corrected chi connectivity index (χ4v) is 3.65. The molecule has 0 amide bonds. The zero-order valence-corrected chi connectivity index (χ0v) is 13.9. The largest absolute Gasteiger partial charge is 0.330 e. The van der Waals surface area contributed by atoms with Gasteiger partial charge in [0.1, 0.15) is 5.82 Å². The van der Waals surface area contributed by atoms with Crippen molar-refractivity contribution in [3.8, 4) is 0 Å². The van der Waals surface area contributed by atoms with Gasteiger partial charge in [0.15, 0.2) is 0 Å². The van der Waals surface area contributed by atoms with Crippen LogP contribution in [-0.2, 0) is 20.1 Å². The summed E-state index contributed by atoms with van der Waals surface area (Å²) in [6.07, 6.45) is 6.33. The Bertz CT molecular complexity index is 808. The van der Waals surface area contributed by atoms with E-state index < -0.39 is 0 Å². The zero-order valence-electron chi connectivity index (χ0n) is 13.2. The first-order valence-corrected chi connectivity index (χ1v) is 8.41. The molecule has 1 atom stereocenters. The second-order valence-electron chi connectivity index (χ2n) is 6.21. The molecule has 5 nitrogen and oxygen atoms in total. The first kappa shape index (κ1) is 14.7. The van der Waals surface area contributed by atoms with Gasteiger partial charge in [-0.05, 0) is 43.7 Å². The fourth-order valence-electron chi connectivity index (χ4n) is 3.48. The highest BCUT2D eigenvalue weighted by atomic mass is 35.5. The highest BCUT2D eigenvalue weighted by Gasteiger charge is 2.26. The van der Waals surface area contributed by atoms with Crippen LogP contribution >= 0.6 is 11.6 Å². The Labute approximate surface area is 140 Å². The van der Waals surface area contributed by atoms with Crippen molar-refractivity contribution in [1.82, 2.24) is 24.2 Å². The van der Waals surface area contributed by atoms with E-state index in [1.54, 1.807) is 0 Å². The molecule has 3 heterocycles. The van der Waals surface area contributed by atoms with E-state index in [0.29, 0.717) is 6.04 Å². The van der Waals surface area contributed by atoms with E-state index in [1.165, 1.54) is 12.8 Å². The van der Waals surface area contributed by atoms with Crippen molar-refractivity contribution in [3.05, 3.63) is 47.5 Å². The lowest BCUT2D eigenvalue weighted by atomic mass is 10.2. The summed E-state index contributed by atoms with van der Waals surface area (Å²) in [6.45, 7) is 2.94. The third-order valence-electron chi connectivity index (χ3n) is 4.74. The van der Waals surface area contributed by atoms with E-state index in [1.807, 2.05) is 41.3 Å². The maximum Gasteiger partial charge on any atom is 0.123 e. The molecule has 1 aromatic carbocycles. The van der Waals surface area contributed by atoms with Crippen LogP contribution in [0.15, 0.2) is 36.7 Å². The molecule has 1 saturated heterocycles. The number of hydrogen-bond donors (Lipinski definition) is 0. The average Bonchev–Trinajstić information content (AvgIpc) is 3.24. The summed E-state index contributed by atoms with van der Waals surface area (Å²) >= 11 is 6.08. The van der Waals surface area contributed by atoms with Crippen LogP contribution in [0.3, 0.4) is 0 Å². The van der Waals surface area contributed by atoms with Gasteiger partial charge in [-0.25, -0.2) is 4.98 Å². The number of imidazole rings is 1. The summed E-state index contributed by atoms with van der Waals surface area (Å²) in [7, 11) is 2.08. The lowest BCUT2D eigenvalue weighted by Gasteiger charge is -2.24. The summed E-state index contributed by atoms with van der Waals surface area (Å²) in [5, 5.41) is 5.07. The zero-order chi connectivity index (χ0) is 15.8. The molecule has 6 heteroatoms. The number of likely N-dealkylation sites (tertiary alicyclic amines) is 1. The Morgan fingerprint density at radius 1 is 1.35 bits per heavy atom. The molecule has 4 rings (SSSR count). The number of aromatic nitrogens is 4. The second kappa shape index (κ2) is 5.98. The molecule has 0 aliphatic carbocycles. The number of fused-ring (bicyclic) bond motifs is 1. The van der Waals surface area contributed by atoms with Crippen molar-refractivity contribution in [2.24, 2.45) is 7.05 Å². The molecular weight excluding hydrogens is 310 g/mol. The minimum atomic E-state index is 0.526. The Hall–Kier alpha value is -1.85. The molecule has 3 aromatic rings. The minimum absolute atomic E-state index is 0.526. The topological polar surface area (TPSA) is 38.9 Å². The van der Waals surface area contributed by atoms with Crippen LogP contribution in [-0.4, -0.2) is 36.8 Å². The number of halogens is 1. The fraction of sp³-hybridized carbons (Fsp3) is 0.412. The highest BCUT2D eigenvalue weighted by Crippen LogP contribution is 2.24. The van der Waals surface area contributed by atoms with Crippen LogP contribution in [0, 0.1) is 0 Å². The van der Waals surface area contributed by atoms with Gasteiger partial charge in [0.25, 0.3) is 0 Å². The third kappa shape index (κ3) is 2.86. The number of hydrogen-bond acceptors (Lipinski definition) is 3. The summed E-state index contributed by atoms with van der Waals surface area (Å²) in [5.74, 6) is 1.09. The molecule has 0 unspecified atom stereocenters. The number of rotatable bonds is 4. The van der Waals surface area contributed by atoms with E-state index >= 15 is 0 Å². The van der Waals surface area contributed by atoms with Gasteiger partial charge in [-0.15, -0.1) is 0 Å². The van der Waals surface area contributed by atoms with E-state index in [9.17, 15) is 0 Å². The van der Waals surface area contributed by atoms with Gasteiger partial charge in [0.05, 0.1) is 24.1 Å². The SMILES string of the molecule is Cn1c(CN2CCC[C@H]2Cn2cccn2)nc2cc(Cl)ccc21. The second-order valence-corrected chi connectivity index (χ2v) is 6.65. The third-order valence-corrected chi connectivity index (χ3v) is 4.97. The van der Waals surface area contributed by atoms with Crippen molar-refractivity contribution in [2.45, 2.75) is 32.0 Å². The lowest BCUT2D eigenvalue weighted by Crippen LogP contribution is -2.33. The molecule has 23 heavy (non-hydrogen) atoms. The van der Waals surface area contributed by atoms with Gasteiger partial charge in [0, 0.05) is 30.5 Å². The minimum Gasteiger partial charge on any atom is -0.330 e. The van der Waals surface area contributed by atoms with Crippen LogP contribution in [0.2, 0.25) is 5.02 Å². The number of aryl methyl sites for hydroxylation is 1. The van der Waals surface area contributed by atoms with Crippen LogP contribution in [0.4, 0.5) is 0 Å². The Morgan fingerprint density at radius 2 is 2.26 bits per heavy atom. The first-order valence-electron chi connectivity index (χ1n) is 8.03. The molecule has 0 spiro atoms. The van der Waals surface area contributed by atoms with E-state index in [-0.39, 0.29) is 0 Å². The van der Waals surface area contributed by atoms with Crippen molar-refractivity contribution in [2.75, 3.05) is 6.54 Å². The van der Waals surface area contributed by atoms with E-state index in [2.05, 4.69) is 21.6 Å². The lowest BCUT2D eigenvalue weighted by molar-refractivity contribution is 0.213. The van der Waals surface area contributed by atoms with Gasteiger partial charge in [-0.1, -0.05) is 11.6 Å². The quantitative estimate of drug-likeness (QED) is 0.738. The maximum absolute atomic E-state index is 6.08.